The van der Waals surface area contributed by atoms with Gasteiger partial charge in [-0.2, -0.15) is 0 Å². The fraction of sp³-hybridized carbons (Fsp3) is 0.176. The van der Waals surface area contributed by atoms with Gasteiger partial charge in [-0.3, -0.25) is 4.79 Å². The predicted molar refractivity (Wildman–Crippen MR) is 92.1 cm³/mol. The third-order valence-corrected chi connectivity index (χ3v) is 4.22. The molecule has 0 radical (unpaired) electrons. The summed E-state index contributed by atoms with van der Waals surface area (Å²) in [6, 6.07) is 14.5. The number of para-hydroxylation sites is 1. The van der Waals surface area contributed by atoms with Gasteiger partial charge < -0.3 is 20.0 Å². The van der Waals surface area contributed by atoms with Gasteiger partial charge in [-0.15, -0.1) is 11.8 Å². The van der Waals surface area contributed by atoms with Gasteiger partial charge in [0.1, 0.15) is 11.5 Å². The lowest BCUT2D eigenvalue weighted by atomic mass is 10.2. The SMILES string of the molecule is O=C([O-])CSCC(=O)NCc1c(Cl)cccc1Oc1ccccc1. The summed E-state index contributed by atoms with van der Waals surface area (Å²) in [5.41, 5.74) is 0.654. The second kappa shape index (κ2) is 9.20. The zero-order valence-corrected chi connectivity index (χ0v) is 14.2. The van der Waals surface area contributed by atoms with Crippen LogP contribution in [0.1, 0.15) is 5.56 Å². The van der Waals surface area contributed by atoms with Gasteiger partial charge in [0.2, 0.25) is 5.91 Å². The Labute approximate surface area is 149 Å². The zero-order chi connectivity index (χ0) is 17.4. The van der Waals surface area contributed by atoms with Crippen molar-refractivity contribution in [1.82, 2.24) is 5.32 Å². The molecule has 0 heterocycles. The van der Waals surface area contributed by atoms with E-state index in [1.807, 2.05) is 30.3 Å². The number of carbonyl (C=O) groups excluding carboxylic acids is 2. The quantitative estimate of drug-likeness (QED) is 0.777. The Balaban J connectivity index is 1.99. The molecule has 0 atom stereocenters. The molecule has 2 aromatic rings. The fourth-order valence-corrected chi connectivity index (χ4v) is 2.68. The Morgan fingerprint density at radius 2 is 1.83 bits per heavy atom. The van der Waals surface area contributed by atoms with Gasteiger partial charge in [0.25, 0.3) is 0 Å². The van der Waals surface area contributed by atoms with Crippen LogP contribution in [0, 0.1) is 0 Å². The van der Waals surface area contributed by atoms with E-state index in [-0.39, 0.29) is 24.0 Å². The lowest BCUT2D eigenvalue weighted by molar-refractivity contribution is -0.301. The van der Waals surface area contributed by atoms with E-state index in [1.165, 1.54) is 0 Å². The Kier molecular flexibility index (Phi) is 6.96. The molecule has 0 aliphatic carbocycles. The van der Waals surface area contributed by atoms with Gasteiger partial charge in [-0.1, -0.05) is 35.9 Å². The number of hydrogen-bond acceptors (Lipinski definition) is 5. The molecule has 0 saturated heterocycles. The minimum atomic E-state index is -1.20. The number of halogens is 1. The van der Waals surface area contributed by atoms with Gasteiger partial charge in [0.15, 0.2) is 0 Å². The van der Waals surface area contributed by atoms with Crippen LogP contribution in [-0.2, 0) is 16.1 Å². The molecule has 5 nitrogen and oxygen atoms in total. The first-order valence-corrected chi connectivity index (χ1v) is 8.64. The van der Waals surface area contributed by atoms with Crippen LogP contribution >= 0.6 is 23.4 Å². The molecule has 0 aliphatic heterocycles. The van der Waals surface area contributed by atoms with Crippen molar-refractivity contribution in [2.24, 2.45) is 0 Å². The van der Waals surface area contributed by atoms with Crippen molar-refractivity contribution >= 4 is 35.2 Å². The number of nitrogens with one attached hydrogen (secondary N) is 1. The van der Waals surface area contributed by atoms with Gasteiger partial charge >= 0.3 is 0 Å². The second-order valence-electron chi connectivity index (χ2n) is 4.77. The first-order valence-electron chi connectivity index (χ1n) is 7.11. The number of carboxylic acids is 1. The number of ether oxygens (including phenoxy) is 1. The number of rotatable bonds is 8. The molecular formula is C17H15ClNO4S-. The first kappa shape index (κ1) is 18.2. The second-order valence-corrected chi connectivity index (χ2v) is 6.17. The summed E-state index contributed by atoms with van der Waals surface area (Å²) in [4.78, 5) is 22.1. The first-order chi connectivity index (χ1) is 11.6. The van der Waals surface area contributed by atoms with E-state index in [4.69, 9.17) is 16.3 Å². The Hall–Kier alpha value is -2.18. The van der Waals surface area contributed by atoms with Crippen molar-refractivity contribution in [2.45, 2.75) is 6.54 Å². The Morgan fingerprint density at radius 1 is 1.08 bits per heavy atom. The largest absolute Gasteiger partial charge is 0.549 e. The van der Waals surface area contributed by atoms with E-state index in [9.17, 15) is 14.7 Å². The Bertz CT molecular complexity index is 709. The molecule has 1 N–H and O–H groups in total. The van der Waals surface area contributed by atoms with E-state index in [0.717, 1.165) is 11.8 Å². The highest BCUT2D eigenvalue weighted by Gasteiger charge is 2.11. The number of benzene rings is 2. The van der Waals surface area contributed by atoms with Gasteiger partial charge in [-0.05, 0) is 24.3 Å². The maximum Gasteiger partial charge on any atom is 0.230 e. The van der Waals surface area contributed by atoms with E-state index >= 15 is 0 Å². The summed E-state index contributed by atoms with van der Waals surface area (Å²) in [6.07, 6.45) is 0. The van der Waals surface area contributed by atoms with Crippen molar-refractivity contribution in [3.63, 3.8) is 0 Å². The average Bonchev–Trinajstić information content (AvgIpc) is 2.55. The van der Waals surface area contributed by atoms with Crippen LogP contribution in [0.4, 0.5) is 0 Å². The highest BCUT2D eigenvalue weighted by molar-refractivity contribution is 8.00. The minimum absolute atomic E-state index is 0.0350. The monoisotopic (exact) mass is 364 g/mol. The highest BCUT2D eigenvalue weighted by atomic mass is 35.5. The average molecular weight is 365 g/mol. The van der Waals surface area contributed by atoms with Crippen molar-refractivity contribution < 1.29 is 19.4 Å². The molecule has 2 aromatic carbocycles. The van der Waals surface area contributed by atoms with Crippen molar-refractivity contribution in [2.75, 3.05) is 11.5 Å². The van der Waals surface area contributed by atoms with Crippen LogP contribution in [0.3, 0.4) is 0 Å². The van der Waals surface area contributed by atoms with Gasteiger partial charge in [0, 0.05) is 22.9 Å². The van der Waals surface area contributed by atoms with E-state index in [1.54, 1.807) is 18.2 Å². The van der Waals surface area contributed by atoms with Crippen LogP contribution in [0.25, 0.3) is 0 Å². The third-order valence-electron chi connectivity index (χ3n) is 2.96. The number of aliphatic carboxylic acids is 1. The molecule has 0 spiro atoms. The summed E-state index contributed by atoms with van der Waals surface area (Å²) in [5, 5.41) is 13.5. The topological polar surface area (TPSA) is 78.5 Å². The lowest BCUT2D eigenvalue weighted by Gasteiger charge is -2.13. The molecule has 0 unspecified atom stereocenters. The normalized spacial score (nSPS) is 10.2. The zero-order valence-electron chi connectivity index (χ0n) is 12.7. The molecule has 0 aromatic heterocycles. The summed E-state index contributed by atoms with van der Waals surface area (Å²) in [7, 11) is 0. The van der Waals surface area contributed by atoms with Crippen molar-refractivity contribution in [3.8, 4) is 11.5 Å². The standard InChI is InChI=1S/C17H16ClNO4S/c18-14-7-4-8-15(23-12-5-2-1-3-6-12)13(14)9-19-16(20)10-24-11-17(21)22/h1-8H,9-11H2,(H,19,20)(H,21,22)/p-1. The number of amides is 1. The molecule has 0 aliphatic rings. The summed E-state index contributed by atoms with van der Waals surface area (Å²) < 4.78 is 5.81. The van der Waals surface area contributed by atoms with Crippen molar-refractivity contribution in [1.29, 1.82) is 0 Å². The number of hydrogen-bond donors (Lipinski definition) is 1. The fourth-order valence-electron chi connectivity index (χ4n) is 1.89. The summed E-state index contributed by atoms with van der Waals surface area (Å²) >= 11 is 7.18. The van der Waals surface area contributed by atoms with Gasteiger partial charge in [0.05, 0.1) is 11.7 Å². The molecule has 2 rings (SSSR count). The van der Waals surface area contributed by atoms with E-state index in [0.29, 0.717) is 22.1 Å². The molecule has 7 heteroatoms. The predicted octanol–water partition coefficient (Wildman–Crippen LogP) is 2.23. The molecule has 24 heavy (non-hydrogen) atoms. The molecule has 0 saturated carbocycles. The van der Waals surface area contributed by atoms with E-state index in [2.05, 4.69) is 5.32 Å². The minimum Gasteiger partial charge on any atom is -0.549 e. The van der Waals surface area contributed by atoms with Crippen LogP contribution in [0.5, 0.6) is 11.5 Å². The van der Waals surface area contributed by atoms with Crippen LogP contribution in [-0.4, -0.2) is 23.4 Å². The lowest BCUT2D eigenvalue weighted by Crippen LogP contribution is -2.28. The van der Waals surface area contributed by atoms with E-state index < -0.39 is 5.97 Å². The summed E-state index contributed by atoms with van der Waals surface area (Å²) in [6.45, 7) is 0.187. The van der Waals surface area contributed by atoms with Crippen LogP contribution < -0.4 is 15.2 Å². The number of carbonyl (C=O) groups is 2. The molecular weight excluding hydrogens is 350 g/mol. The maximum atomic E-state index is 11.7. The Morgan fingerprint density at radius 3 is 2.54 bits per heavy atom. The molecule has 1 amide bonds. The number of carboxylic acid groups (broad SMARTS) is 1. The molecule has 126 valence electrons. The van der Waals surface area contributed by atoms with Gasteiger partial charge in [-0.25, -0.2) is 0 Å². The third kappa shape index (κ3) is 5.79. The van der Waals surface area contributed by atoms with Crippen LogP contribution in [0.2, 0.25) is 5.02 Å². The smallest absolute Gasteiger partial charge is 0.230 e. The molecule has 0 fully saturated rings. The van der Waals surface area contributed by atoms with Crippen LogP contribution in [0.15, 0.2) is 48.5 Å². The number of thioether (sulfide) groups is 1. The molecule has 0 bridgehead atoms. The summed E-state index contributed by atoms with van der Waals surface area (Å²) in [5.74, 6) is -0.452. The van der Waals surface area contributed by atoms with Crippen molar-refractivity contribution in [3.05, 3.63) is 59.1 Å². The maximum absolute atomic E-state index is 11.7. The highest BCUT2D eigenvalue weighted by Crippen LogP contribution is 2.30.